The Bertz CT molecular complexity index is 352. The smallest absolute Gasteiger partial charge is 0.311 e. The van der Waals surface area contributed by atoms with Crippen LogP contribution in [0.2, 0.25) is 0 Å². The summed E-state index contributed by atoms with van der Waals surface area (Å²) in [7, 11) is 0. The predicted molar refractivity (Wildman–Crippen MR) is 51.5 cm³/mol. The molecule has 0 bridgehead atoms. The van der Waals surface area contributed by atoms with Gasteiger partial charge >= 0.3 is 5.97 Å². The van der Waals surface area contributed by atoms with Crippen molar-refractivity contribution < 1.29 is 14.3 Å². The SMILES string of the molecule is CCC(C(=O)O)c1ccc(N)cc1F. The number of aliphatic carboxylic acids is 1. The minimum atomic E-state index is -1.02. The van der Waals surface area contributed by atoms with Gasteiger partial charge < -0.3 is 10.8 Å². The fraction of sp³-hybridized carbons (Fsp3) is 0.300. The number of rotatable bonds is 3. The van der Waals surface area contributed by atoms with Crippen LogP contribution in [0.4, 0.5) is 10.1 Å². The third-order valence-corrected chi connectivity index (χ3v) is 2.11. The first-order chi connectivity index (χ1) is 6.56. The summed E-state index contributed by atoms with van der Waals surface area (Å²) in [6, 6.07) is 4.07. The van der Waals surface area contributed by atoms with Crippen molar-refractivity contribution >= 4 is 11.7 Å². The van der Waals surface area contributed by atoms with E-state index in [1.807, 2.05) is 0 Å². The number of nitrogens with two attached hydrogens (primary N) is 1. The average Bonchev–Trinajstić information content (AvgIpc) is 2.09. The zero-order chi connectivity index (χ0) is 10.7. The van der Waals surface area contributed by atoms with Crippen LogP contribution in [0.25, 0.3) is 0 Å². The van der Waals surface area contributed by atoms with E-state index in [-0.39, 0.29) is 5.56 Å². The van der Waals surface area contributed by atoms with Gasteiger partial charge in [-0.1, -0.05) is 13.0 Å². The predicted octanol–water partition coefficient (Wildman–Crippen LogP) is 1.99. The second-order valence-electron chi connectivity index (χ2n) is 3.08. The molecule has 0 spiro atoms. The van der Waals surface area contributed by atoms with Crippen molar-refractivity contribution in [2.45, 2.75) is 19.3 Å². The molecule has 4 heteroatoms. The molecule has 1 unspecified atom stereocenters. The molecule has 0 saturated carbocycles. The molecule has 1 rings (SSSR count). The molecule has 0 amide bonds. The molecule has 0 aliphatic carbocycles. The van der Waals surface area contributed by atoms with Crippen molar-refractivity contribution in [2.75, 3.05) is 5.73 Å². The maximum Gasteiger partial charge on any atom is 0.311 e. The lowest BCUT2D eigenvalue weighted by Crippen LogP contribution is -2.12. The lowest BCUT2D eigenvalue weighted by atomic mass is 9.96. The van der Waals surface area contributed by atoms with Gasteiger partial charge in [-0.3, -0.25) is 4.79 Å². The summed E-state index contributed by atoms with van der Waals surface area (Å²) in [6.45, 7) is 1.70. The van der Waals surface area contributed by atoms with Gasteiger partial charge in [-0.25, -0.2) is 4.39 Å². The molecule has 14 heavy (non-hydrogen) atoms. The highest BCUT2D eigenvalue weighted by Crippen LogP contribution is 2.24. The summed E-state index contributed by atoms with van der Waals surface area (Å²) in [4.78, 5) is 10.8. The summed E-state index contributed by atoms with van der Waals surface area (Å²) in [5.74, 6) is -2.37. The molecular weight excluding hydrogens is 185 g/mol. The van der Waals surface area contributed by atoms with E-state index in [2.05, 4.69) is 0 Å². The monoisotopic (exact) mass is 197 g/mol. The van der Waals surface area contributed by atoms with Crippen LogP contribution in [0.3, 0.4) is 0 Å². The number of carbonyl (C=O) groups is 1. The van der Waals surface area contributed by atoms with Gasteiger partial charge in [-0.15, -0.1) is 0 Å². The highest BCUT2D eigenvalue weighted by Gasteiger charge is 2.20. The van der Waals surface area contributed by atoms with Gasteiger partial charge in [0.25, 0.3) is 0 Å². The topological polar surface area (TPSA) is 63.3 Å². The Morgan fingerprint density at radius 1 is 1.64 bits per heavy atom. The van der Waals surface area contributed by atoms with Gasteiger partial charge in [0.15, 0.2) is 0 Å². The Morgan fingerprint density at radius 2 is 2.29 bits per heavy atom. The van der Waals surface area contributed by atoms with Gasteiger partial charge in [0.05, 0.1) is 5.92 Å². The van der Waals surface area contributed by atoms with E-state index in [0.717, 1.165) is 6.07 Å². The van der Waals surface area contributed by atoms with Crippen LogP contribution in [-0.2, 0) is 4.79 Å². The number of carboxylic acid groups (broad SMARTS) is 1. The summed E-state index contributed by atoms with van der Waals surface area (Å²) < 4.78 is 13.3. The van der Waals surface area contributed by atoms with E-state index in [1.165, 1.54) is 12.1 Å². The second kappa shape index (κ2) is 4.09. The van der Waals surface area contributed by atoms with Gasteiger partial charge in [0.1, 0.15) is 5.82 Å². The first-order valence-electron chi connectivity index (χ1n) is 4.34. The Hall–Kier alpha value is -1.58. The summed E-state index contributed by atoms with van der Waals surface area (Å²) in [6.07, 6.45) is 0.357. The van der Waals surface area contributed by atoms with E-state index in [9.17, 15) is 9.18 Å². The number of anilines is 1. The maximum absolute atomic E-state index is 13.3. The summed E-state index contributed by atoms with van der Waals surface area (Å²) in [5.41, 5.74) is 5.84. The third kappa shape index (κ3) is 2.02. The quantitative estimate of drug-likeness (QED) is 0.728. The number of nitrogen functional groups attached to an aromatic ring is 1. The molecule has 0 aromatic heterocycles. The summed E-state index contributed by atoms with van der Waals surface area (Å²) >= 11 is 0. The Morgan fingerprint density at radius 3 is 2.71 bits per heavy atom. The number of carboxylic acids is 1. The van der Waals surface area contributed by atoms with Crippen molar-refractivity contribution in [3.05, 3.63) is 29.6 Å². The van der Waals surface area contributed by atoms with Gasteiger partial charge in [0.2, 0.25) is 0 Å². The first-order valence-corrected chi connectivity index (χ1v) is 4.34. The Labute approximate surface area is 81.4 Å². The molecule has 3 nitrogen and oxygen atoms in total. The van der Waals surface area contributed by atoms with E-state index >= 15 is 0 Å². The zero-order valence-corrected chi connectivity index (χ0v) is 7.83. The fourth-order valence-corrected chi connectivity index (χ4v) is 1.35. The van der Waals surface area contributed by atoms with Crippen LogP contribution in [0.5, 0.6) is 0 Å². The standard InChI is InChI=1S/C10H12FNO2/c1-2-7(10(13)14)8-4-3-6(12)5-9(8)11/h3-5,7H,2,12H2,1H3,(H,13,14). The van der Waals surface area contributed by atoms with Crippen molar-refractivity contribution in [2.24, 2.45) is 0 Å². The molecule has 76 valence electrons. The van der Waals surface area contributed by atoms with Crippen molar-refractivity contribution in [1.82, 2.24) is 0 Å². The molecule has 0 aliphatic heterocycles. The van der Waals surface area contributed by atoms with E-state index in [1.54, 1.807) is 6.92 Å². The molecule has 1 aromatic carbocycles. The van der Waals surface area contributed by atoms with Gasteiger partial charge in [-0.2, -0.15) is 0 Å². The molecule has 0 saturated heterocycles. The first kappa shape index (κ1) is 10.5. The number of halogens is 1. The normalized spacial score (nSPS) is 12.4. The molecule has 0 aliphatic rings. The minimum Gasteiger partial charge on any atom is -0.481 e. The Kier molecular flexibility index (Phi) is 3.06. The zero-order valence-electron chi connectivity index (χ0n) is 7.83. The number of benzene rings is 1. The highest BCUT2D eigenvalue weighted by atomic mass is 19.1. The largest absolute Gasteiger partial charge is 0.481 e. The lowest BCUT2D eigenvalue weighted by Gasteiger charge is -2.11. The van der Waals surface area contributed by atoms with Gasteiger partial charge in [-0.05, 0) is 18.6 Å². The van der Waals surface area contributed by atoms with Crippen LogP contribution in [0.1, 0.15) is 24.8 Å². The van der Waals surface area contributed by atoms with E-state index in [0.29, 0.717) is 12.1 Å². The Balaban J connectivity index is 3.10. The molecule has 0 radical (unpaired) electrons. The van der Waals surface area contributed by atoms with Crippen LogP contribution in [0.15, 0.2) is 18.2 Å². The van der Waals surface area contributed by atoms with Crippen molar-refractivity contribution in [1.29, 1.82) is 0 Å². The van der Waals surface area contributed by atoms with E-state index in [4.69, 9.17) is 10.8 Å². The minimum absolute atomic E-state index is 0.189. The lowest BCUT2D eigenvalue weighted by molar-refractivity contribution is -0.138. The van der Waals surface area contributed by atoms with E-state index < -0.39 is 17.7 Å². The molecule has 0 heterocycles. The summed E-state index contributed by atoms with van der Waals surface area (Å²) in [5, 5.41) is 8.82. The molecule has 1 aromatic rings. The average molecular weight is 197 g/mol. The number of hydrogen-bond acceptors (Lipinski definition) is 2. The van der Waals surface area contributed by atoms with Gasteiger partial charge in [0, 0.05) is 11.3 Å². The third-order valence-electron chi connectivity index (χ3n) is 2.11. The molecular formula is C10H12FNO2. The molecule has 0 fully saturated rings. The second-order valence-corrected chi connectivity index (χ2v) is 3.08. The fourth-order valence-electron chi connectivity index (χ4n) is 1.35. The highest BCUT2D eigenvalue weighted by molar-refractivity contribution is 5.76. The van der Waals surface area contributed by atoms with Crippen LogP contribution in [0, 0.1) is 5.82 Å². The van der Waals surface area contributed by atoms with Crippen molar-refractivity contribution in [3.63, 3.8) is 0 Å². The van der Waals surface area contributed by atoms with Crippen LogP contribution >= 0.6 is 0 Å². The maximum atomic E-state index is 13.3. The van der Waals surface area contributed by atoms with Crippen LogP contribution in [-0.4, -0.2) is 11.1 Å². The van der Waals surface area contributed by atoms with Crippen molar-refractivity contribution in [3.8, 4) is 0 Å². The molecule has 3 N–H and O–H groups in total. The van der Waals surface area contributed by atoms with Crippen LogP contribution < -0.4 is 5.73 Å². The molecule has 1 atom stereocenters. The number of hydrogen-bond donors (Lipinski definition) is 2.